The number of para-hydroxylation sites is 1. The minimum atomic E-state index is -4.35. The van der Waals surface area contributed by atoms with Gasteiger partial charge in [0, 0.05) is 46.5 Å². The molecular weight excluding hydrogens is 692 g/mol. The van der Waals surface area contributed by atoms with Gasteiger partial charge < -0.3 is 19.2 Å². The summed E-state index contributed by atoms with van der Waals surface area (Å²) in [5.41, 5.74) is 8.45. The molecule has 1 N–H and O–H groups in total. The average molecular weight is 741 g/mol. The molecule has 6 aromatic rings. The molecule has 1 heterocycles. The van der Waals surface area contributed by atoms with Crippen LogP contribution >= 0.6 is 0 Å². The number of alkyl halides is 4. The van der Waals surface area contributed by atoms with Crippen LogP contribution < -0.4 is 4.74 Å². The number of nitrogens with zero attached hydrogens (tertiary/aromatic N) is 2. The zero-order valence-corrected chi connectivity index (χ0v) is 31.7. The average Bonchev–Trinajstić information content (AvgIpc) is 3.46. The van der Waals surface area contributed by atoms with Gasteiger partial charge in [-0.3, -0.25) is 0 Å². The quantitative estimate of drug-likeness (QED) is 0.0494. The number of hydrogen-bond donors (Lipinski definition) is 1. The van der Waals surface area contributed by atoms with E-state index in [9.17, 15) is 22.8 Å². The van der Waals surface area contributed by atoms with E-state index in [1.807, 2.05) is 18.2 Å². The number of rotatable bonds is 15. The molecule has 54 heavy (non-hydrogen) atoms. The van der Waals surface area contributed by atoms with E-state index in [4.69, 9.17) is 9.47 Å². The minimum Gasteiger partial charge on any atom is -0.486 e. The fourth-order valence-electron chi connectivity index (χ4n) is 8.02. The van der Waals surface area contributed by atoms with Crippen LogP contribution in [0.25, 0.3) is 32.6 Å². The number of fused-ring (bicyclic) bond motifs is 5. The van der Waals surface area contributed by atoms with E-state index in [0.29, 0.717) is 11.5 Å². The Kier molecular flexibility index (Phi) is 11.7. The molecule has 0 fully saturated rings. The van der Waals surface area contributed by atoms with Crippen LogP contribution in [0.15, 0.2) is 90.1 Å². The lowest BCUT2D eigenvalue weighted by Gasteiger charge is -2.24. The van der Waals surface area contributed by atoms with Gasteiger partial charge in [-0.25, -0.2) is 8.78 Å². The number of unbranched alkanes of at least 4 members (excludes halogenated alkanes) is 1. The number of hydrogen-bond acceptors (Lipinski definition) is 4. The third-order valence-corrected chi connectivity index (χ3v) is 10.7. The molecule has 1 aromatic heterocycles. The summed E-state index contributed by atoms with van der Waals surface area (Å²) in [5.74, 6) is -4.01. The fraction of sp³-hybridized carbons (Fsp3) is 0.356. The summed E-state index contributed by atoms with van der Waals surface area (Å²) in [7, 11) is 1.74. The maximum Gasteiger partial charge on any atom is 0.340 e. The van der Waals surface area contributed by atoms with Gasteiger partial charge in [-0.15, -0.1) is 0 Å². The van der Waals surface area contributed by atoms with Gasteiger partial charge in [0.1, 0.15) is 17.6 Å². The number of oxime groups is 1. The van der Waals surface area contributed by atoms with Gasteiger partial charge in [-0.1, -0.05) is 98.4 Å². The Labute approximate surface area is 314 Å². The van der Waals surface area contributed by atoms with Crippen molar-refractivity contribution >= 4 is 38.3 Å². The molecule has 0 saturated carbocycles. The van der Waals surface area contributed by atoms with Gasteiger partial charge >= 0.3 is 12.3 Å². The van der Waals surface area contributed by atoms with Crippen LogP contribution in [-0.2, 0) is 11.3 Å². The molecule has 0 amide bonds. The van der Waals surface area contributed by atoms with Crippen molar-refractivity contribution in [3.8, 4) is 5.75 Å². The Morgan fingerprint density at radius 1 is 0.852 bits per heavy atom. The largest absolute Gasteiger partial charge is 0.486 e. The first-order valence-corrected chi connectivity index (χ1v) is 18.6. The second kappa shape index (κ2) is 16.2. The Morgan fingerprint density at radius 3 is 2.19 bits per heavy atom. The van der Waals surface area contributed by atoms with Gasteiger partial charge in [0.05, 0.1) is 5.52 Å². The number of benzene rings is 5. The molecule has 0 saturated heterocycles. The van der Waals surface area contributed by atoms with Crippen molar-refractivity contribution in [1.29, 1.82) is 0 Å². The summed E-state index contributed by atoms with van der Waals surface area (Å²) in [6.07, 6.45) is 0.125. The molecule has 6 rings (SSSR count). The topological polar surface area (TPSA) is 56.0 Å². The van der Waals surface area contributed by atoms with E-state index < -0.39 is 19.0 Å². The third kappa shape index (κ3) is 7.43. The standard InChI is InChI=1S/C45H48F4N2O3/c1-7-9-14-30(8-2)25-51-38-20-19-31(41(50-52)34-17-12-13-18-39(34)54-26-45(48,49)44(46)47)23-35(38)36-24-37(32-15-10-11-16-33(32)42(36)51)43(53-6)40-28(4)21-27(3)22-29(40)5/h10-13,15-24,30,43-44,52H,7-9,14,25-26H2,1-6H3/b50-41+. The van der Waals surface area contributed by atoms with Crippen molar-refractivity contribution in [2.24, 2.45) is 11.1 Å². The Hall–Kier alpha value is -4.89. The Bertz CT molecular complexity index is 2290. The summed E-state index contributed by atoms with van der Waals surface area (Å²) < 4.78 is 67.8. The first-order chi connectivity index (χ1) is 25.9. The van der Waals surface area contributed by atoms with Crippen molar-refractivity contribution in [1.82, 2.24) is 4.57 Å². The maximum atomic E-state index is 13.9. The van der Waals surface area contributed by atoms with Gasteiger partial charge in [-0.2, -0.15) is 8.78 Å². The van der Waals surface area contributed by atoms with Gasteiger partial charge in [0.15, 0.2) is 6.61 Å². The van der Waals surface area contributed by atoms with Crippen molar-refractivity contribution in [2.75, 3.05) is 13.7 Å². The molecule has 0 radical (unpaired) electrons. The van der Waals surface area contributed by atoms with Gasteiger partial charge in [-0.05, 0) is 91.1 Å². The molecular formula is C45H48F4N2O3. The van der Waals surface area contributed by atoms with Crippen LogP contribution in [0.5, 0.6) is 5.75 Å². The molecule has 2 unspecified atom stereocenters. The predicted octanol–water partition coefficient (Wildman–Crippen LogP) is 12.3. The zero-order valence-electron chi connectivity index (χ0n) is 31.7. The number of methoxy groups -OCH3 is 1. The molecule has 0 aliphatic heterocycles. The lowest BCUT2D eigenvalue weighted by molar-refractivity contribution is -0.148. The lowest BCUT2D eigenvalue weighted by atomic mass is 9.88. The predicted molar refractivity (Wildman–Crippen MR) is 210 cm³/mol. The van der Waals surface area contributed by atoms with E-state index >= 15 is 0 Å². The van der Waals surface area contributed by atoms with Crippen LogP contribution in [0.4, 0.5) is 17.6 Å². The normalized spacial score (nSPS) is 13.7. The highest BCUT2D eigenvalue weighted by molar-refractivity contribution is 6.21. The number of ether oxygens (including phenoxy) is 2. The summed E-state index contributed by atoms with van der Waals surface area (Å²) in [6, 6.07) is 26.9. The van der Waals surface area contributed by atoms with Crippen LogP contribution in [0.2, 0.25) is 0 Å². The summed E-state index contributed by atoms with van der Waals surface area (Å²) in [6.45, 7) is 10.1. The Balaban J connectivity index is 1.61. The van der Waals surface area contributed by atoms with Crippen molar-refractivity contribution in [3.63, 3.8) is 0 Å². The highest BCUT2D eigenvalue weighted by atomic mass is 19.3. The van der Waals surface area contributed by atoms with Crippen molar-refractivity contribution in [2.45, 2.75) is 85.3 Å². The highest BCUT2D eigenvalue weighted by Crippen LogP contribution is 2.43. The van der Waals surface area contributed by atoms with E-state index in [0.717, 1.165) is 87.1 Å². The number of aromatic nitrogens is 1. The van der Waals surface area contributed by atoms with Crippen LogP contribution in [-0.4, -0.2) is 41.6 Å². The molecule has 284 valence electrons. The number of aryl methyl sites for hydroxylation is 3. The number of halogens is 4. The summed E-state index contributed by atoms with van der Waals surface area (Å²) in [4.78, 5) is 0. The third-order valence-electron chi connectivity index (χ3n) is 10.7. The van der Waals surface area contributed by atoms with Gasteiger partial charge in [0.2, 0.25) is 0 Å². The highest BCUT2D eigenvalue weighted by Gasteiger charge is 2.42. The molecule has 5 aromatic carbocycles. The molecule has 0 spiro atoms. The monoisotopic (exact) mass is 740 g/mol. The second-order valence-electron chi connectivity index (χ2n) is 14.4. The summed E-state index contributed by atoms with van der Waals surface area (Å²) >= 11 is 0. The smallest absolute Gasteiger partial charge is 0.340 e. The van der Waals surface area contributed by atoms with Crippen molar-refractivity contribution in [3.05, 3.63) is 124 Å². The first-order valence-electron chi connectivity index (χ1n) is 18.6. The van der Waals surface area contributed by atoms with Crippen LogP contribution in [0.1, 0.15) is 84.6 Å². The minimum absolute atomic E-state index is 0.0600. The molecule has 0 aliphatic carbocycles. The zero-order chi connectivity index (χ0) is 38.7. The van der Waals surface area contributed by atoms with E-state index in [1.165, 1.54) is 11.6 Å². The fourth-order valence-corrected chi connectivity index (χ4v) is 8.02. The molecule has 5 nitrogen and oxygen atoms in total. The van der Waals surface area contributed by atoms with Gasteiger partial charge in [0.25, 0.3) is 0 Å². The van der Waals surface area contributed by atoms with Crippen LogP contribution in [0, 0.1) is 26.7 Å². The molecule has 0 aliphatic rings. The van der Waals surface area contributed by atoms with Crippen molar-refractivity contribution < 1.29 is 32.2 Å². The lowest BCUT2D eigenvalue weighted by Crippen LogP contribution is -2.34. The van der Waals surface area contributed by atoms with E-state index in [-0.39, 0.29) is 23.1 Å². The second-order valence-corrected chi connectivity index (χ2v) is 14.4. The van der Waals surface area contributed by atoms with E-state index in [1.54, 1.807) is 25.3 Å². The van der Waals surface area contributed by atoms with Crippen LogP contribution in [0.3, 0.4) is 0 Å². The molecule has 0 bridgehead atoms. The molecule has 9 heteroatoms. The van der Waals surface area contributed by atoms with E-state index in [2.05, 4.69) is 86.8 Å². The molecule has 2 atom stereocenters. The first kappa shape index (κ1) is 38.8. The SMILES string of the molecule is CCCCC(CC)Cn1c2ccc(/C(=N\O)c3ccccc3OCC(F)(F)C(F)F)cc2c2cc(C(OC)c3c(C)cc(C)cc3C)c3ccccc3c21. The Morgan fingerprint density at radius 2 is 1.54 bits per heavy atom. The summed E-state index contributed by atoms with van der Waals surface area (Å²) in [5, 5.41) is 18.1. The maximum absolute atomic E-state index is 13.9.